The molecule has 3 aliphatic rings. The van der Waals surface area contributed by atoms with Gasteiger partial charge in [-0.15, -0.1) is 0 Å². The molecule has 0 fully saturated rings. The molecular weight excluding hydrogens is 398 g/mol. The number of guanidine groups is 1. The quantitative estimate of drug-likeness (QED) is 0.644. The molecule has 160 valence electrons. The SMILES string of the molecule is Cc1onc2c1CC1(CC2)Cc2ccc(-c3cccc(C#N)c3)cc2C12CN(C)C(N)=N2. The lowest BCUT2D eigenvalue weighted by Gasteiger charge is -2.44. The molecule has 0 radical (unpaired) electrons. The molecule has 2 spiro atoms. The maximum absolute atomic E-state index is 9.34. The Kier molecular flexibility index (Phi) is 3.86. The highest BCUT2D eigenvalue weighted by Gasteiger charge is 2.61. The van der Waals surface area contributed by atoms with Gasteiger partial charge in [0.05, 0.1) is 23.9 Å². The largest absolute Gasteiger partial charge is 0.370 e. The molecule has 0 amide bonds. The molecule has 6 heteroatoms. The highest BCUT2D eigenvalue weighted by atomic mass is 16.5. The summed E-state index contributed by atoms with van der Waals surface area (Å²) in [6, 6.07) is 16.7. The van der Waals surface area contributed by atoms with Crippen molar-refractivity contribution in [2.45, 2.75) is 38.1 Å². The first kappa shape index (κ1) is 19.1. The highest BCUT2D eigenvalue weighted by Crippen LogP contribution is 2.60. The van der Waals surface area contributed by atoms with E-state index in [1.165, 1.54) is 16.7 Å². The van der Waals surface area contributed by atoms with Crippen molar-refractivity contribution < 1.29 is 4.52 Å². The Morgan fingerprint density at radius 3 is 2.78 bits per heavy atom. The highest BCUT2D eigenvalue weighted by molar-refractivity contribution is 5.82. The number of fused-ring (bicyclic) bond motifs is 4. The summed E-state index contributed by atoms with van der Waals surface area (Å²) in [5.74, 6) is 1.52. The van der Waals surface area contributed by atoms with Crippen LogP contribution in [0.3, 0.4) is 0 Å². The molecule has 1 aromatic heterocycles. The number of aromatic nitrogens is 1. The van der Waals surface area contributed by atoms with Crippen molar-refractivity contribution in [1.82, 2.24) is 10.1 Å². The second kappa shape index (κ2) is 6.46. The van der Waals surface area contributed by atoms with Gasteiger partial charge in [-0.05, 0) is 73.1 Å². The van der Waals surface area contributed by atoms with Crippen molar-refractivity contribution >= 4 is 5.96 Å². The predicted molar refractivity (Wildman–Crippen MR) is 122 cm³/mol. The third kappa shape index (κ3) is 2.45. The van der Waals surface area contributed by atoms with Crippen LogP contribution in [-0.2, 0) is 24.8 Å². The minimum absolute atomic E-state index is 0.0544. The lowest BCUT2D eigenvalue weighted by Crippen LogP contribution is -2.48. The fourth-order valence-electron chi connectivity index (χ4n) is 6.18. The zero-order chi connectivity index (χ0) is 22.1. The fraction of sp³-hybridized carbons (Fsp3) is 0.346. The average molecular weight is 424 g/mol. The van der Waals surface area contributed by atoms with Crippen molar-refractivity contribution in [2.24, 2.45) is 16.1 Å². The summed E-state index contributed by atoms with van der Waals surface area (Å²) in [5.41, 5.74) is 13.7. The van der Waals surface area contributed by atoms with Crippen LogP contribution in [0.15, 0.2) is 52.0 Å². The van der Waals surface area contributed by atoms with Crippen LogP contribution < -0.4 is 5.73 Å². The number of nitrogens with two attached hydrogens (primary N) is 1. The van der Waals surface area contributed by atoms with Gasteiger partial charge in [0.25, 0.3) is 0 Å². The van der Waals surface area contributed by atoms with Crippen LogP contribution in [0.4, 0.5) is 0 Å². The van der Waals surface area contributed by atoms with Gasteiger partial charge in [0.1, 0.15) is 11.3 Å². The van der Waals surface area contributed by atoms with Gasteiger partial charge >= 0.3 is 0 Å². The Hall–Kier alpha value is -3.59. The van der Waals surface area contributed by atoms with Crippen molar-refractivity contribution in [3.8, 4) is 17.2 Å². The number of aliphatic imine (C=N–C) groups is 1. The molecule has 2 heterocycles. The molecule has 3 aromatic rings. The number of likely N-dealkylation sites (N-methyl/N-ethyl adjacent to an activating group) is 1. The monoisotopic (exact) mass is 423 g/mol. The van der Waals surface area contributed by atoms with E-state index in [1.54, 1.807) is 0 Å². The molecule has 0 saturated heterocycles. The van der Waals surface area contributed by atoms with Crippen molar-refractivity contribution in [2.75, 3.05) is 13.6 Å². The van der Waals surface area contributed by atoms with E-state index < -0.39 is 5.54 Å². The van der Waals surface area contributed by atoms with Crippen LogP contribution in [0.2, 0.25) is 0 Å². The first-order valence-electron chi connectivity index (χ1n) is 11.1. The van der Waals surface area contributed by atoms with Crippen LogP contribution >= 0.6 is 0 Å². The molecule has 2 N–H and O–H groups in total. The zero-order valence-corrected chi connectivity index (χ0v) is 18.4. The Balaban J connectivity index is 1.52. The molecule has 2 aliphatic carbocycles. The Morgan fingerprint density at radius 2 is 2.00 bits per heavy atom. The molecule has 32 heavy (non-hydrogen) atoms. The predicted octanol–water partition coefficient (Wildman–Crippen LogP) is 3.71. The maximum atomic E-state index is 9.34. The van der Waals surface area contributed by atoms with Crippen molar-refractivity contribution in [3.05, 3.63) is 76.2 Å². The number of nitrogens with zero attached hydrogens (tertiary/aromatic N) is 4. The van der Waals surface area contributed by atoms with E-state index in [2.05, 4.69) is 40.4 Å². The van der Waals surface area contributed by atoms with Crippen LogP contribution in [0, 0.1) is 23.7 Å². The minimum atomic E-state index is -0.397. The average Bonchev–Trinajstić information content (AvgIpc) is 3.41. The van der Waals surface area contributed by atoms with Gasteiger partial charge in [-0.1, -0.05) is 29.4 Å². The van der Waals surface area contributed by atoms with Gasteiger partial charge in [0.15, 0.2) is 5.96 Å². The Labute approximate surface area is 187 Å². The summed E-state index contributed by atoms with van der Waals surface area (Å²) < 4.78 is 5.54. The maximum Gasteiger partial charge on any atom is 0.192 e. The summed E-state index contributed by atoms with van der Waals surface area (Å²) in [6.07, 6.45) is 3.77. The molecule has 0 bridgehead atoms. The van der Waals surface area contributed by atoms with Gasteiger partial charge < -0.3 is 15.2 Å². The second-order valence-corrected chi connectivity index (χ2v) is 9.55. The van der Waals surface area contributed by atoms with E-state index in [1.807, 2.05) is 32.2 Å². The standard InChI is InChI=1S/C26H25N5O/c1-16-21-13-25(9-8-23(21)30-32-16)12-20-7-6-19(18-5-3-4-17(10-18)14-27)11-22(20)26(25)15-31(2)24(28)29-26/h3-7,10-11H,8-9,12-13,15H2,1-2H3,(H2,28,29). The van der Waals surface area contributed by atoms with Crippen molar-refractivity contribution in [1.29, 1.82) is 5.26 Å². The lowest BCUT2D eigenvalue weighted by atomic mass is 9.61. The van der Waals surface area contributed by atoms with E-state index in [-0.39, 0.29) is 5.41 Å². The summed E-state index contributed by atoms with van der Waals surface area (Å²) in [6.45, 7) is 2.78. The lowest BCUT2D eigenvalue weighted by molar-refractivity contribution is 0.113. The molecule has 2 aromatic carbocycles. The molecule has 2 unspecified atom stereocenters. The second-order valence-electron chi connectivity index (χ2n) is 9.55. The number of hydrogen-bond acceptors (Lipinski definition) is 6. The van der Waals surface area contributed by atoms with E-state index in [4.69, 9.17) is 15.2 Å². The summed E-state index contributed by atoms with van der Waals surface area (Å²) in [4.78, 5) is 7.27. The minimum Gasteiger partial charge on any atom is -0.370 e. The summed E-state index contributed by atoms with van der Waals surface area (Å²) in [5, 5.41) is 13.6. The smallest absolute Gasteiger partial charge is 0.192 e. The molecular formula is C26H25N5O. The van der Waals surface area contributed by atoms with Crippen molar-refractivity contribution in [3.63, 3.8) is 0 Å². The number of benzene rings is 2. The first-order chi connectivity index (χ1) is 15.4. The molecule has 0 saturated carbocycles. The van der Waals surface area contributed by atoms with Crippen LogP contribution in [0.5, 0.6) is 0 Å². The van der Waals surface area contributed by atoms with Gasteiger partial charge in [0.2, 0.25) is 0 Å². The van der Waals surface area contributed by atoms with Gasteiger partial charge in [-0.3, -0.25) is 0 Å². The summed E-state index contributed by atoms with van der Waals surface area (Å²) >= 11 is 0. The summed E-state index contributed by atoms with van der Waals surface area (Å²) in [7, 11) is 2.03. The Morgan fingerprint density at radius 1 is 1.16 bits per heavy atom. The molecule has 6 nitrogen and oxygen atoms in total. The molecule has 2 atom stereocenters. The normalized spacial score (nSPS) is 25.7. The molecule has 1 aliphatic heterocycles. The van der Waals surface area contributed by atoms with Crippen LogP contribution in [0.25, 0.3) is 11.1 Å². The molecule has 6 rings (SSSR count). The number of rotatable bonds is 1. The van der Waals surface area contributed by atoms with E-state index in [0.717, 1.165) is 54.8 Å². The zero-order valence-electron chi connectivity index (χ0n) is 18.4. The van der Waals surface area contributed by atoms with E-state index in [0.29, 0.717) is 11.5 Å². The fourth-order valence-corrected chi connectivity index (χ4v) is 6.18. The first-order valence-corrected chi connectivity index (χ1v) is 11.1. The van der Waals surface area contributed by atoms with Gasteiger partial charge in [0, 0.05) is 18.0 Å². The van der Waals surface area contributed by atoms with Gasteiger partial charge in [-0.2, -0.15) is 5.26 Å². The van der Waals surface area contributed by atoms with Gasteiger partial charge in [-0.25, -0.2) is 4.99 Å². The Bertz CT molecular complexity index is 1330. The topological polar surface area (TPSA) is 91.4 Å². The number of aryl methyl sites for hydroxylation is 2. The van der Waals surface area contributed by atoms with E-state index >= 15 is 0 Å². The number of nitriles is 1. The van der Waals surface area contributed by atoms with Crippen LogP contribution in [0.1, 0.15) is 40.1 Å². The van der Waals surface area contributed by atoms with Crippen LogP contribution in [-0.4, -0.2) is 29.6 Å². The number of hydrogen-bond donors (Lipinski definition) is 1. The third-order valence-corrected chi connectivity index (χ3v) is 7.87. The van der Waals surface area contributed by atoms with E-state index in [9.17, 15) is 5.26 Å². The third-order valence-electron chi connectivity index (χ3n) is 7.87.